The fourth-order valence-electron chi connectivity index (χ4n) is 3.26. The molecule has 0 fully saturated rings. The molecule has 0 spiro atoms. The Morgan fingerprint density at radius 1 is 0.846 bits per heavy atom. The van der Waals surface area contributed by atoms with Gasteiger partial charge in [0, 0.05) is 40.9 Å². The summed E-state index contributed by atoms with van der Waals surface area (Å²) in [6.45, 7) is 0. The van der Waals surface area contributed by atoms with Crippen molar-refractivity contribution in [2.45, 2.75) is 0 Å². The first-order chi connectivity index (χ1) is 12.9. The number of nitrogens with one attached hydrogen (secondary N) is 1. The predicted octanol–water partition coefficient (Wildman–Crippen LogP) is 5.07. The molecular weight excluding hydrogens is 320 g/mol. The quantitative estimate of drug-likeness (QED) is 0.500. The second-order valence-corrected chi connectivity index (χ2v) is 6.22. The molecule has 0 aliphatic carbocycles. The fraction of sp³-hybridized carbons (Fsp3) is 0. The van der Waals surface area contributed by atoms with Gasteiger partial charge in [0.1, 0.15) is 0 Å². The Bertz CT molecular complexity index is 1210. The van der Waals surface area contributed by atoms with Crippen molar-refractivity contribution in [2.75, 3.05) is 0 Å². The number of benzene rings is 2. The zero-order valence-corrected chi connectivity index (χ0v) is 14.0. The van der Waals surface area contributed by atoms with Gasteiger partial charge in [-0.05, 0) is 29.8 Å². The van der Waals surface area contributed by atoms with Crippen LogP contribution in [0.25, 0.3) is 39.5 Å². The molecule has 5 rings (SSSR count). The van der Waals surface area contributed by atoms with Crippen molar-refractivity contribution >= 4 is 33.8 Å². The Morgan fingerprint density at radius 2 is 1.69 bits per heavy atom. The highest BCUT2D eigenvalue weighted by atomic mass is 15.1. The summed E-state index contributed by atoms with van der Waals surface area (Å²) >= 11 is 0. The molecule has 0 unspecified atom stereocenters. The van der Waals surface area contributed by atoms with Gasteiger partial charge in [0.25, 0.3) is 0 Å². The normalized spacial score (nSPS) is 11.7. The summed E-state index contributed by atoms with van der Waals surface area (Å²) in [6, 6.07) is 18.5. The molecular formula is C22H16N4. The van der Waals surface area contributed by atoms with Crippen molar-refractivity contribution in [3.05, 3.63) is 90.6 Å². The third-order valence-electron chi connectivity index (χ3n) is 4.58. The van der Waals surface area contributed by atoms with E-state index in [0.717, 1.165) is 33.2 Å². The Labute approximate surface area is 150 Å². The minimum absolute atomic E-state index is 0.942. The van der Waals surface area contributed by atoms with Crippen molar-refractivity contribution in [3.8, 4) is 5.69 Å². The van der Waals surface area contributed by atoms with Crippen molar-refractivity contribution in [1.82, 2.24) is 19.7 Å². The van der Waals surface area contributed by atoms with Gasteiger partial charge in [-0.2, -0.15) is 5.10 Å². The van der Waals surface area contributed by atoms with Crippen LogP contribution in [0.5, 0.6) is 0 Å². The molecule has 2 aromatic carbocycles. The lowest BCUT2D eigenvalue weighted by molar-refractivity contribution is 1.08. The van der Waals surface area contributed by atoms with Crippen molar-refractivity contribution in [2.24, 2.45) is 0 Å². The van der Waals surface area contributed by atoms with Gasteiger partial charge in [-0.25, -0.2) is 0 Å². The highest BCUT2D eigenvalue weighted by Gasteiger charge is 2.05. The number of fused-ring (bicyclic) bond motifs is 2. The second kappa shape index (κ2) is 6.01. The molecule has 1 N–H and O–H groups in total. The zero-order valence-electron chi connectivity index (χ0n) is 14.0. The molecule has 0 saturated carbocycles. The minimum atomic E-state index is 0.942. The maximum absolute atomic E-state index is 4.42. The van der Waals surface area contributed by atoms with E-state index in [1.54, 1.807) is 0 Å². The summed E-state index contributed by atoms with van der Waals surface area (Å²) < 4.78 is 2.15. The number of H-pyrrole nitrogens is 1. The lowest BCUT2D eigenvalue weighted by atomic mass is 10.1. The van der Waals surface area contributed by atoms with Crippen LogP contribution in [0.1, 0.15) is 11.3 Å². The van der Waals surface area contributed by atoms with E-state index >= 15 is 0 Å². The number of aromatic amines is 1. The Morgan fingerprint density at radius 3 is 2.65 bits per heavy atom. The summed E-state index contributed by atoms with van der Waals surface area (Å²) in [5, 5.41) is 10.9. The topological polar surface area (TPSA) is 46.5 Å². The number of nitrogens with zero attached hydrogens (tertiary/aromatic N) is 3. The zero-order chi connectivity index (χ0) is 17.3. The van der Waals surface area contributed by atoms with Crippen LogP contribution >= 0.6 is 0 Å². The minimum Gasteiger partial charge on any atom is -0.322 e. The van der Waals surface area contributed by atoms with E-state index in [9.17, 15) is 0 Å². The molecule has 0 saturated heterocycles. The monoisotopic (exact) mass is 336 g/mol. The molecule has 3 heterocycles. The van der Waals surface area contributed by atoms with Gasteiger partial charge in [0.2, 0.25) is 0 Å². The second-order valence-electron chi connectivity index (χ2n) is 6.22. The van der Waals surface area contributed by atoms with Gasteiger partial charge < -0.3 is 4.57 Å². The van der Waals surface area contributed by atoms with Crippen LogP contribution in [0.4, 0.5) is 0 Å². The van der Waals surface area contributed by atoms with E-state index in [2.05, 4.69) is 74.6 Å². The maximum atomic E-state index is 4.42. The largest absolute Gasteiger partial charge is 0.322 e. The standard InChI is InChI=1S/C22H16N4/c1-4-8-22(26-14-17-11-12-23-13-18(17)15-26)16(5-1)9-10-21-19-6-2-3-7-20(19)24-25-21/h1-15H,(H,24,25)/b10-9+. The maximum Gasteiger partial charge on any atom is 0.0927 e. The Balaban J connectivity index is 1.58. The van der Waals surface area contributed by atoms with E-state index in [1.807, 2.05) is 36.7 Å². The van der Waals surface area contributed by atoms with Crippen LogP contribution in [0.3, 0.4) is 0 Å². The molecule has 5 aromatic rings. The Kier molecular flexibility index (Phi) is 3.39. The highest BCUT2D eigenvalue weighted by molar-refractivity contribution is 5.90. The third kappa shape index (κ3) is 2.48. The van der Waals surface area contributed by atoms with Gasteiger partial charge in [0.15, 0.2) is 0 Å². The summed E-state index contributed by atoms with van der Waals surface area (Å²) in [5.41, 5.74) is 4.24. The van der Waals surface area contributed by atoms with Gasteiger partial charge in [0.05, 0.1) is 16.9 Å². The number of rotatable bonds is 3. The number of aromatic nitrogens is 4. The van der Waals surface area contributed by atoms with Gasteiger partial charge in [-0.1, -0.05) is 42.5 Å². The molecule has 0 bridgehead atoms. The summed E-state index contributed by atoms with van der Waals surface area (Å²) in [4.78, 5) is 4.20. The smallest absolute Gasteiger partial charge is 0.0927 e. The van der Waals surface area contributed by atoms with E-state index < -0.39 is 0 Å². The molecule has 3 aromatic heterocycles. The van der Waals surface area contributed by atoms with Gasteiger partial charge in [-0.15, -0.1) is 0 Å². The van der Waals surface area contributed by atoms with Gasteiger partial charge >= 0.3 is 0 Å². The SMILES string of the molecule is C(=C\c1n[nH]c2ccccc12)/c1ccccc1-n1cc2ccncc2c1. The average Bonchev–Trinajstić information content (AvgIpc) is 3.30. The van der Waals surface area contributed by atoms with E-state index in [0.29, 0.717) is 0 Å². The van der Waals surface area contributed by atoms with E-state index in [-0.39, 0.29) is 0 Å². The molecule has 0 aliphatic heterocycles. The lowest BCUT2D eigenvalue weighted by Crippen LogP contribution is -1.92. The molecule has 26 heavy (non-hydrogen) atoms. The van der Waals surface area contributed by atoms with Crippen molar-refractivity contribution in [1.29, 1.82) is 0 Å². The molecule has 0 atom stereocenters. The first-order valence-corrected chi connectivity index (χ1v) is 8.51. The van der Waals surface area contributed by atoms with E-state index in [1.165, 1.54) is 5.39 Å². The molecule has 0 amide bonds. The van der Waals surface area contributed by atoms with Crippen LogP contribution in [0, 0.1) is 0 Å². The molecule has 4 nitrogen and oxygen atoms in total. The van der Waals surface area contributed by atoms with Crippen LogP contribution < -0.4 is 0 Å². The molecule has 0 aliphatic rings. The Hall–Kier alpha value is -3.66. The number of hydrogen-bond acceptors (Lipinski definition) is 2. The average molecular weight is 336 g/mol. The summed E-state index contributed by atoms with van der Waals surface area (Å²) in [7, 11) is 0. The highest BCUT2D eigenvalue weighted by Crippen LogP contribution is 2.23. The first-order valence-electron chi connectivity index (χ1n) is 8.51. The lowest BCUT2D eigenvalue weighted by Gasteiger charge is -2.06. The fourth-order valence-corrected chi connectivity index (χ4v) is 3.26. The third-order valence-corrected chi connectivity index (χ3v) is 4.58. The van der Waals surface area contributed by atoms with Crippen LogP contribution in [-0.2, 0) is 0 Å². The first kappa shape index (κ1) is 14.7. The number of para-hydroxylation sites is 2. The van der Waals surface area contributed by atoms with Crippen LogP contribution in [-0.4, -0.2) is 19.7 Å². The van der Waals surface area contributed by atoms with Crippen molar-refractivity contribution < 1.29 is 0 Å². The van der Waals surface area contributed by atoms with E-state index in [4.69, 9.17) is 0 Å². The van der Waals surface area contributed by atoms with Crippen molar-refractivity contribution in [3.63, 3.8) is 0 Å². The summed E-state index contributed by atoms with van der Waals surface area (Å²) in [5.74, 6) is 0. The summed E-state index contributed by atoms with van der Waals surface area (Å²) in [6.07, 6.45) is 12.1. The van der Waals surface area contributed by atoms with Gasteiger partial charge in [-0.3, -0.25) is 10.1 Å². The molecule has 0 radical (unpaired) electrons. The van der Waals surface area contributed by atoms with Crippen LogP contribution in [0.15, 0.2) is 79.4 Å². The molecule has 124 valence electrons. The predicted molar refractivity (Wildman–Crippen MR) is 106 cm³/mol. The number of hydrogen-bond donors (Lipinski definition) is 1. The molecule has 4 heteroatoms. The van der Waals surface area contributed by atoms with Crippen LogP contribution in [0.2, 0.25) is 0 Å². The number of pyridine rings is 1.